The fourth-order valence-electron chi connectivity index (χ4n) is 4.57. The van der Waals surface area contributed by atoms with Gasteiger partial charge in [-0.15, -0.1) is 0 Å². The summed E-state index contributed by atoms with van der Waals surface area (Å²) in [6, 6.07) is 25.4. The number of fused-ring (bicyclic) bond motifs is 1. The summed E-state index contributed by atoms with van der Waals surface area (Å²) in [6.45, 7) is -0.728. The molecule has 1 aliphatic heterocycles. The van der Waals surface area contributed by atoms with Crippen LogP contribution in [0.5, 0.6) is 0 Å². The number of amides is 3. The molecule has 0 bridgehead atoms. The van der Waals surface area contributed by atoms with Crippen LogP contribution in [-0.2, 0) is 11.0 Å². The third-order valence-corrected chi connectivity index (χ3v) is 6.68. The predicted octanol–water partition coefficient (Wildman–Crippen LogP) is 6.57. The number of anilines is 2. The molecular weight excluding hydrogens is 569 g/mol. The standard InChI is InChI=1S/C31H22ClF3N4O3/c32-20-11-8-12-21(17-20)36-30(42)38-28-29(41)39(18-26(40)22-13-4-6-15-24(22)31(33,34)35)25-16-7-5-14-23(25)27(37-28)19-9-2-1-3-10-19/h1-17,28H,18H2,(H2,36,38,42)/t28-/m1/s1. The van der Waals surface area contributed by atoms with Gasteiger partial charge in [0.2, 0.25) is 6.17 Å². The number of hydrogen-bond acceptors (Lipinski definition) is 4. The Kier molecular flexibility index (Phi) is 8.08. The number of ketones is 1. The highest BCUT2D eigenvalue weighted by Crippen LogP contribution is 2.33. The van der Waals surface area contributed by atoms with E-state index in [9.17, 15) is 27.6 Å². The van der Waals surface area contributed by atoms with Gasteiger partial charge in [-0.2, -0.15) is 13.2 Å². The maximum absolute atomic E-state index is 14.0. The summed E-state index contributed by atoms with van der Waals surface area (Å²) < 4.78 is 41.1. The first-order valence-corrected chi connectivity index (χ1v) is 13.1. The van der Waals surface area contributed by atoms with Gasteiger partial charge >= 0.3 is 12.2 Å². The minimum Gasteiger partial charge on any atom is -0.308 e. The van der Waals surface area contributed by atoms with Crippen LogP contribution in [0.4, 0.5) is 29.3 Å². The molecule has 1 aliphatic rings. The van der Waals surface area contributed by atoms with Gasteiger partial charge in [0.25, 0.3) is 5.91 Å². The highest BCUT2D eigenvalue weighted by molar-refractivity contribution is 6.31. The summed E-state index contributed by atoms with van der Waals surface area (Å²) in [5, 5.41) is 5.49. The van der Waals surface area contributed by atoms with Gasteiger partial charge in [-0.05, 0) is 30.3 Å². The molecule has 5 rings (SSSR count). The van der Waals surface area contributed by atoms with Gasteiger partial charge in [0.05, 0.1) is 23.5 Å². The van der Waals surface area contributed by atoms with Crippen molar-refractivity contribution in [3.8, 4) is 0 Å². The van der Waals surface area contributed by atoms with Gasteiger partial charge in [-0.1, -0.05) is 84.4 Å². The van der Waals surface area contributed by atoms with Crippen LogP contribution in [0, 0.1) is 0 Å². The Balaban J connectivity index is 1.55. The molecule has 7 nitrogen and oxygen atoms in total. The van der Waals surface area contributed by atoms with Gasteiger partial charge in [-0.25, -0.2) is 9.79 Å². The zero-order valence-electron chi connectivity index (χ0n) is 21.7. The van der Waals surface area contributed by atoms with E-state index in [-0.39, 0.29) is 5.69 Å². The average molecular weight is 591 g/mol. The zero-order valence-corrected chi connectivity index (χ0v) is 22.5. The molecular formula is C31H22ClF3N4O3. The number of para-hydroxylation sites is 1. The smallest absolute Gasteiger partial charge is 0.308 e. The monoisotopic (exact) mass is 590 g/mol. The normalized spacial score (nSPS) is 14.9. The number of nitrogens with zero attached hydrogens (tertiary/aromatic N) is 2. The van der Waals surface area contributed by atoms with E-state index in [1.54, 1.807) is 72.8 Å². The Labute approximate surface area is 243 Å². The Bertz CT molecular complexity index is 1690. The summed E-state index contributed by atoms with van der Waals surface area (Å²) in [6.07, 6.45) is -6.31. The number of rotatable bonds is 6. The van der Waals surface area contributed by atoms with E-state index >= 15 is 0 Å². The molecule has 1 heterocycles. The van der Waals surface area contributed by atoms with Crippen molar-refractivity contribution in [3.63, 3.8) is 0 Å². The lowest BCUT2D eigenvalue weighted by Gasteiger charge is -2.25. The van der Waals surface area contributed by atoms with E-state index in [0.29, 0.717) is 27.5 Å². The van der Waals surface area contributed by atoms with Gasteiger partial charge in [0.15, 0.2) is 5.78 Å². The Morgan fingerprint density at radius 2 is 1.57 bits per heavy atom. The highest BCUT2D eigenvalue weighted by atomic mass is 35.5. The fraction of sp³-hybridized carbons (Fsp3) is 0.0968. The molecule has 0 aliphatic carbocycles. The Hall–Kier alpha value is -4.96. The molecule has 3 amide bonds. The second-order valence-corrected chi connectivity index (χ2v) is 9.70. The summed E-state index contributed by atoms with van der Waals surface area (Å²) in [5.74, 6) is -1.75. The molecule has 0 saturated heterocycles. The first-order chi connectivity index (χ1) is 20.1. The predicted molar refractivity (Wildman–Crippen MR) is 154 cm³/mol. The van der Waals surface area contributed by atoms with Gasteiger partial charge in [-0.3, -0.25) is 9.59 Å². The van der Waals surface area contributed by atoms with Crippen LogP contribution in [0.2, 0.25) is 5.02 Å². The van der Waals surface area contributed by atoms with Crippen LogP contribution in [0.15, 0.2) is 108 Å². The lowest BCUT2D eigenvalue weighted by Crippen LogP contribution is -2.50. The van der Waals surface area contributed by atoms with Crippen LogP contribution in [0.25, 0.3) is 0 Å². The molecule has 1 atom stereocenters. The number of carbonyl (C=O) groups excluding carboxylic acids is 3. The number of nitrogens with one attached hydrogen (secondary N) is 2. The summed E-state index contributed by atoms with van der Waals surface area (Å²) in [7, 11) is 0. The maximum Gasteiger partial charge on any atom is 0.417 e. The second kappa shape index (κ2) is 11.9. The van der Waals surface area contributed by atoms with Crippen LogP contribution >= 0.6 is 11.6 Å². The van der Waals surface area contributed by atoms with Gasteiger partial charge in [0.1, 0.15) is 0 Å². The van der Waals surface area contributed by atoms with E-state index < -0.39 is 47.7 Å². The number of halogens is 4. The molecule has 0 fully saturated rings. The van der Waals surface area contributed by atoms with Crippen molar-refractivity contribution in [1.29, 1.82) is 0 Å². The number of Topliss-reactive ketones (excluding diaryl/α,β-unsaturated/α-hetero) is 1. The van der Waals surface area contributed by atoms with Crippen molar-refractivity contribution < 1.29 is 27.6 Å². The van der Waals surface area contributed by atoms with Crippen molar-refractivity contribution >= 4 is 46.4 Å². The fourth-order valence-corrected chi connectivity index (χ4v) is 4.76. The molecule has 4 aromatic rings. The zero-order chi connectivity index (χ0) is 29.9. The first kappa shape index (κ1) is 28.6. The molecule has 0 saturated carbocycles. The molecule has 212 valence electrons. The van der Waals surface area contributed by atoms with Crippen molar-refractivity contribution in [3.05, 3.63) is 130 Å². The van der Waals surface area contributed by atoms with Crippen molar-refractivity contribution in [2.75, 3.05) is 16.8 Å². The first-order valence-electron chi connectivity index (χ1n) is 12.7. The quantitative estimate of drug-likeness (QED) is 0.249. The van der Waals surface area contributed by atoms with Gasteiger partial charge in [0, 0.05) is 27.4 Å². The average Bonchev–Trinajstić information content (AvgIpc) is 3.08. The molecule has 2 N–H and O–H groups in total. The molecule has 0 spiro atoms. The van der Waals surface area contributed by atoms with E-state index in [0.717, 1.165) is 17.0 Å². The number of aliphatic imine (C=N–C) groups is 1. The molecule has 42 heavy (non-hydrogen) atoms. The third-order valence-electron chi connectivity index (χ3n) is 6.44. The molecule has 4 aromatic carbocycles. The van der Waals surface area contributed by atoms with Crippen LogP contribution in [0.3, 0.4) is 0 Å². The minimum absolute atomic E-state index is 0.252. The third kappa shape index (κ3) is 6.18. The largest absolute Gasteiger partial charge is 0.417 e. The van der Waals surface area contributed by atoms with Gasteiger partial charge < -0.3 is 15.5 Å². The summed E-state index contributed by atoms with van der Waals surface area (Å²) in [5.41, 5.74) is 0.339. The highest BCUT2D eigenvalue weighted by Gasteiger charge is 2.38. The molecule has 0 radical (unpaired) electrons. The minimum atomic E-state index is -4.78. The van der Waals surface area contributed by atoms with E-state index in [2.05, 4.69) is 15.6 Å². The summed E-state index contributed by atoms with van der Waals surface area (Å²) >= 11 is 6.00. The van der Waals surface area contributed by atoms with Crippen molar-refractivity contribution in [1.82, 2.24) is 5.32 Å². The lowest BCUT2D eigenvalue weighted by molar-refractivity contribution is -0.137. The molecule has 11 heteroatoms. The maximum atomic E-state index is 14.0. The number of hydrogen-bond donors (Lipinski definition) is 2. The van der Waals surface area contributed by atoms with Crippen LogP contribution in [-0.4, -0.2) is 36.1 Å². The Morgan fingerprint density at radius 3 is 2.31 bits per heavy atom. The van der Waals surface area contributed by atoms with Crippen LogP contribution in [0.1, 0.15) is 27.0 Å². The van der Waals surface area contributed by atoms with Crippen molar-refractivity contribution in [2.24, 2.45) is 4.99 Å². The molecule has 0 unspecified atom stereocenters. The van der Waals surface area contributed by atoms with E-state index in [1.807, 2.05) is 0 Å². The van der Waals surface area contributed by atoms with E-state index in [1.165, 1.54) is 18.2 Å². The number of alkyl halides is 3. The Morgan fingerprint density at radius 1 is 0.881 bits per heavy atom. The number of benzene rings is 4. The van der Waals surface area contributed by atoms with Crippen molar-refractivity contribution in [2.45, 2.75) is 12.3 Å². The topological polar surface area (TPSA) is 90.9 Å². The number of benzodiazepines with no additional fused rings is 1. The summed E-state index contributed by atoms with van der Waals surface area (Å²) in [4.78, 5) is 45.9. The van der Waals surface area contributed by atoms with E-state index in [4.69, 9.17) is 11.6 Å². The lowest BCUT2D eigenvalue weighted by atomic mass is 9.99. The number of urea groups is 1. The molecule has 0 aromatic heterocycles. The SMILES string of the molecule is O=C(Nc1cccc(Cl)c1)N[C@H]1N=C(c2ccccc2)c2ccccc2N(CC(=O)c2ccccc2C(F)(F)F)C1=O. The van der Waals surface area contributed by atoms with Crippen LogP contribution < -0.4 is 15.5 Å². The second-order valence-electron chi connectivity index (χ2n) is 9.26. The number of carbonyl (C=O) groups is 3.